The molecule has 0 bridgehead atoms. The molecule has 7 heteroatoms. The number of nitrogens with zero attached hydrogens (tertiary/aromatic N) is 3. The fourth-order valence-electron chi connectivity index (χ4n) is 2.87. The van der Waals surface area contributed by atoms with E-state index in [9.17, 15) is 14.3 Å². The lowest BCUT2D eigenvalue weighted by atomic mass is 10.1. The molecule has 1 N–H and O–H groups in total. The first-order valence-corrected chi connectivity index (χ1v) is 9.05. The molecule has 2 aromatic heterocycles. The number of fused-ring (bicyclic) bond motifs is 1. The van der Waals surface area contributed by atoms with Gasteiger partial charge in [-0.2, -0.15) is 9.65 Å². The van der Waals surface area contributed by atoms with Crippen LogP contribution in [0, 0.1) is 30.0 Å². The van der Waals surface area contributed by atoms with Crippen LogP contribution >= 0.6 is 11.3 Å². The maximum Gasteiger partial charge on any atom is 0.295 e. The first-order chi connectivity index (χ1) is 12.4. The van der Waals surface area contributed by atoms with Crippen LogP contribution in [0.25, 0.3) is 4.96 Å². The summed E-state index contributed by atoms with van der Waals surface area (Å²) in [6, 6.07) is 8.88. The number of rotatable bonds is 5. The molecule has 0 spiro atoms. The molecule has 0 saturated heterocycles. The molecule has 0 aliphatic heterocycles. The molecule has 1 aromatic carbocycles. The van der Waals surface area contributed by atoms with Crippen molar-refractivity contribution < 1.29 is 9.50 Å². The van der Waals surface area contributed by atoms with Gasteiger partial charge in [0.1, 0.15) is 0 Å². The van der Waals surface area contributed by atoms with Gasteiger partial charge in [-0.15, -0.1) is 11.3 Å². The molecule has 5 nitrogen and oxygen atoms in total. The number of aliphatic hydroxyl groups is 1. The van der Waals surface area contributed by atoms with Gasteiger partial charge in [0.2, 0.25) is 5.82 Å². The highest BCUT2D eigenvalue weighted by Gasteiger charge is 2.20. The van der Waals surface area contributed by atoms with E-state index in [2.05, 4.69) is 4.98 Å². The predicted molar refractivity (Wildman–Crippen MR) is 98.0 cm³/mol. The van der Waals surface area contributed by atoms with Crippen molar-refractivity contribution in [3.63, 3.8) is 0 Å². The molecular formula is C19H18FN3O2S. The fraction of sp³-hybridized carbons (Fsp3) is 0.316. The van der Waals surface area contributed by atoms with Crippen LogP contribution in [0.3, 0.4) is 0 Å². The second-order valence-corrected chi connectivity index (χ2v) is 7.56. The van der Waals surface area contributed by atoms with Crippen LogP contribution in [0.4, 0.5) is 4.39 Å². The zero-order chi connectivity index (χ0) is 18.8. The molecule has 1 atom stereocenters. The highest BCUT2D eigenvalue weighted by Crippen LogP contribution is 2.23. The van der Waals surface area contributed by atoms with Gasteiger partial charge in [0.25, 0.3) is 5.56 Å². The number of hydrogen-bond acceptors (Lipinski definition) is 5. The molecule has 3 rings (SSSR count). The van der Waals surface area contributed by atoms with Crippen molar-refractivity contribution in [1.82, 2.24) is 9.38 Å². The number of aromatic nitrogens is 2. The first-order valence-electron chi connectivity index (χ1n) is 8.24. The van der Waals surface area contributed by atoms with E-state index in [1.165, 1.54) is 15.7 Å². The number of aliphatic hydroxyl groups excluding tert-OH is 1. The van der Waals surface area contributed by atoms with Crippen molar-refractivity contribution in [3.8, 4) is 6.07 Å². The molecule has 26 heavy (non-hydrogen) atoms. The third-order valence-corrected chi connectivity index (χ3v) is 5.27. The Labute approximate surface area is 154 Å². The van der Waals surface area contributed by atoms with Gasteiger partial charge in [-0.25, -0.2) is 4.98 Å². The van der Waals surface area contributed by atoms with Gasteiger partial charge < -0.3 is 5.11 Å². The normalized spacial score (nSPS) is 12.3. The Morgan fingerprint density at radius 1 is 1.46 bits per heavy atom. The zero-order valence-corrected chi connectivity index (χ0v) is 15.3. The summed E-state index contributed by atoms with van der Waals surface area (Å²) < 4.78 is 16.0. The molecule has 0 saturated carbocycles. The molecule has 2 heterocycles. The maximum absolute atomic E-state index is 14.7. The van der Waals surface area contributed by atoms with Crippen molar-refractivity contribution in [1.29, 1.82) is 5.26 Å². The van der Waals surface area contributed by atoms with Crippen molar-refractivity contribution in [2.24, 2.45) is 5.92 Å². The van der Waals surface area contributed by atoms with E-state index in [0.717, 1.165) is 10.4 Å². The number of benzene rings is 1. The third kappa shape index (κ3) is 3.39. The van der Waals surface area contributed by atoms with Crippen LogP contribution in [-0.4, -0.2) is 21.1 Å². The van der Waals surface area contributed by atoms with Gasteiger partial charge in [0.05, 0.1) is 17.3 Å². The Bertz CT molecular complexity index is 1070. The third-order valence-electron chi connectivity index (χ3n) is 4.27. The zero-order valence-electron chi connectivity index (χ0n) is 14.5. The van der Waals surface area contributed by atoms with Gasteiger partial charge in [0, 0.05) is 23.6 Å². The second kappa shape index (κ2) is 7.36. The Morgan fingerprint density at radius 2 is 2.23 bits per heavy atom. The monoisotopic (exact) mass is 371 g/mol. The maximum atomic E-state index is 14.7. The summed E-state index contributed by atoms with van der Waals surface area (Å²) in [4.78, 5) is 18.3. The van der Waals surface area contributed by atoms with Gasteiger partial charge in [-0.3, -0.25) is 9.20 Å². The van der Waals surface area contributed by atoms with Crippen molar-refractivity contribution >= 4 is 16.3 Å². The fourth-order valence-corrected chi connectivity index (χ4v) is 3.88. The largest absolute Gasteiger partial charge is 0.396 e. The summed E-state index contributed by atoms with van der Waals surface area (Å²) >= 11 is 1.34. The first kappa shape index (κ1) is 18.2. The van der Waals surface area contributed by atoms with Crippen molar-refractivity contribution in [3.05, 3.63) is 67.8 Å². The van der Waals surface area contributed by atoms with Crippen LogP contribution in [0.2, 0.25) is 0 Å². The lowest BCUT2D eigenvalue weighted by Crippen LogP contribution is -2.23. The summed E-state index contributed by atoms with van der Waals surface area (Å²) in [7, 11) is 0. The van der Waals surface area contributed by atoms with E-state index < -0.39 is 11.4 Å². The van der Waals surface area contributed by atoms with Crippen LogP contribution in [-0.2, 0) is 12.8 Å². The summed E-state index contributed by atoms with van der Waals surface area (Å²) in [6.07, 6.45) is 0.624. The van der Waals surface area contributed by atoms with Crippen LogP contribution in [0.1, 0.15) is 34.3 Å². The summed E-state index contributed by atoms with van der Waals surface area (Å²) in [5.41, 5.74) is 1.26. The number of aryl methyl sites for hydroxylation is 1. The molecular weight excluding hydrogens is 353 g/mol. The standard InChI is InChI=1S/C19H18FN3O2S/c1-11(10-24)6-16-12(2)26-19-22-15(17(20)18(25)23(16)19)8-13-4-3-5-14(7-13)9-21/h3-5,7,11,24H,6,8,10H2,1-2H3. The molecule has 0 fully saturated rings. The van der Waals surface area contributed by atoms with E-state index in [-0.39, 0.29) is 24.6 Å². The summed E-state index contributed by atoms with van der Waals surface area (Å²) in [5.74, 6) is -0.907. The topological polar surface area (TPSA) is 78.4 Å². The van der Waals surface area contributed by atoms with E-state index in [1.807, 2.05) is 19.9 Å². The minimum atomic E-state index is -0.874. The van der Waals surface area contributed by atoms with E-state index in [1.54, 1.807) is 24.3 Å². The minimum Gasteiger partial charge on any atom is -0.396 e. The Hall–Kier alpha value is -2.56. The van der Waals surface area contributed by atoms with E-state index in [0.29, 0.717) is 22.6 Å². The van der Waals surface area contributed by atoms with Gasteiger partial charge in [-0.1, -0.05) is 19.1 Å². The average Bonchev–Trinajstić information content (AvgIpc) is 2.94. The second-order valence-electron chi connectivity index (χ2n) is 6.38. The number of hydrogen-bond donors (Lipinski definition) is 1. The number of halogens is 1. The van der Waals surface area contributed by atoms with Crippen LogP contribution in [0.15, 0.2) is 29.1 Å². The van der Waals surface area contributed by atoms with Crippen molar-refractivity contribution in [2.45, 2.75) is 26.7 Å². The molecule has 0 aliphatic rings. The molecule has 0 amide bonds. The number of thiazole rings is 1. The summed E-state index contributed by atoms with van der Waals surface area (Å²) in [6.45, 7) is 3.73. The van der Waals surface area contributed by atoms with Crippen LogP contribution in [0.5, 0.6) is 0 Å². The minimum absolute atomic E-state index is 0.00520. The van der Waals surface area contributed by atoms with E-state index in [4.69, 9.17) is 5.26 Å². The Balaban J connectivity index is 2.08. The molecule has 0 radical (unpaired) electrons. The smallest absolute Gasteiger partial charge is 0.295 e. The van der Waals surface area contributed by atoms with E-state index >= 15 is 0 Å². The lowest BCUT2D eigenvalue weighted by Gasteiger charge is -2.09. The lowest BCUT2D eigenvalue weighted by molar-refractivity contribution is 0.236. The molecule has 134 valence electrons. The SMILES string of the molecule is Cc1sc2nc(Cc3cccc(C#N)c3)c(F)c(=O)n2c1CC(C)CO. The van der Waals surface area contributed by atoms with Crippen molar-refractivity contribution in [2.75, 3.05) is 6.61 Å². The van der Waals surface area contributed by atoms with Gasteiger partial charge in [-0.05, 0) is 37.0 Å². The van der Waals surface area contributed by atoms with Gasteiger partial charge >= 0.3 is 0 Å². The highest BCUT2D eigenvalue weighted by atomic mass is 32.1. The predicted octanol–water partition coefficient (Wildman–Crippen LogP) is 2.84. The quantitative estimate of drug-likeness (QED) is 0.748. The number of nitriles is 1. The molecule has 1 unspecified atom stereocenters. The van der Waals surface area contributed by atoms with Gasteiger partial charge in [0.15, 0.2) is 4.96 Å². The molecule has 0 aliphatic carbocycles. The molecule has 3 aromatic rings. The Kier molecular flexibility index (Phi) is 5.16. The average molecular weight is 371 g/mol. The highest BCUT2D eigenvalue weighted by molar-refractivity contribution is 7.17. The summed E-state index contributed by atoms with van der Waals surface area (Å²) in [5, 5.41) is 18.3. The Morgan fingerprint density at radius 3 is 2.92 bits per heavy atom. The van der Waals surface area contributed by atoms with Crippen LogP contribution < -0.4 is 5.56 Å².